The first-order chi connectivity index (χ1) is 12.4. The van der Waals surface area contributed by atoms with Crippen LogP contribution in [0.25, 0.3) is 0 Å². The lowest BCUT2D eigenvalue weighted by molar-refractivity contribution is -0.130. The minimum atomic E-state index is -0.120. The second-order valence-electron chi connectivity index (χ2n) is 6.76. The van der Waals surface area contributed by atoms with Gasteiger partial charge in [-0.25, -0.2) is 0 Å². The number of benzene rings is 1. The van der Waals surface area contributed by atoms with E-state index in [1.54, 1.807) is 11.9 Å². The molecule has 26 heavy (non-hydrogen) atoms. The summed E-state index contributed by atoms with van der Waals surface area (Å²) in [7, 11) is 1.80. The van der Waals surface area contributed by atoms with Crippen LogP contribution in [0.1, 0.15) is 38.2 Å². The summed E-state index contributed by atoms with van der Waals surface area (Å²) in [5, 5.41) is 2.91. The maximum atomic E-state index is 12.6. The molecule has 1 aromatic rings. The van der Waals surface area contributed by atoms with Crippen molar-refractivity contribution in [3.8, 4) is 0 Å². The van der Waals surface area contributed by atoms with Gasteiger partial charge in [0.1, 0.15) is 0 Å². The number of amides is 2. The van der Waals surface area contributed by atoms with Gasteiger partial charge < -0.3 is 10.2 Å². The average molecular weight is 422 g/mol. The van der Waals surface area contributed by atoms with Gasteiger partial charge in [-0.15, -0.1) is 0 Å². The zero-order valence-electron chi connectivity index (χ0n) is 15.8. The molecule has 1 N–H and O–H groups in total. The Kier molecular flexibility index (Phi) is 7.85. The molecule has 2 amide bonds. The highest BCUT2D eigenvalue weighted by Gasteiger charge is 2.20. The quantitative estimate of drug-likeness (QED) is 0.725. The number of carbonyl (C=O) groups is 2. The van der Waals surface area contributed by atoms with Crippen molar-refractivity contribution in [3.63, 3.8) is 0 Å². The van der Waals surface area contributed by atoms with Gasteiger partial charge in [-0.2, -0.15) is 0 Å². The first kappa shape index (κ1) is 20.6. The molecule has 1 aliphatic carbocycles. The summed E-state index contributed by atoms with van der Waals surface area (Å²) in [5.74, 6) is -0.0681. The van der Waals surface area contributed by atoms with Gasteiger partial charge in [0.15, 0.2) is 0 Å². The van der Waals surface area contributed by atoms with Crippen molar-refractivity contribution in [3.05, 3.63) is 40.0 Å². The van der Waals surface area contributed by atoms with E-state index in [0.717, 1.165) is 40.7 Å². The van der Waals surface area contributed by atoms with E-state index >= 15 is 0 Å². The predicted molar refractivity (Wildman–Crippen MR) is 109 cm³/mol. The Bertz CT molecular complexity index is 688. The highest BCUT2D eigenvalue weighted by molar-refractivity contribution is 9.10. The number of halogens is 1. The Hall–Kier alpha value is -1.66. The molecular weight excluding hydrogens is 394 g/mol. The zero-order chi connectivity index (χ0) is 19.1. The van der Waals surface area contributed by atoms with E-state index in [0.29, 0.717) is 6.54 Å². The van der Waals surface area contributed by atoms with Crippen molar-refractivity contribution < 1.29 is 9.59 Å². The van der Waals surface area contributed by atoms with E-state index in [9.17, 15) is 9.59 Å². The first-order valence-electron chi connectivity index (χ1n) is 9.14. The van der Waals surface area contributed by atoms with Crippen LogP contribution in [0, 0.1) is 6.92 Å². The number of hydrogen-bond acceptors (Lipinski definition) is 3. The number of carbonyl (C=O) groups excluding carboxylic acids is 2. The third-order valence-electron chi connectivity index (χ3n) is 4.51. The van der Waals surface area contributed by atoms with Gasteiger partial charge in [0.05, 0.1) is 13.1 Å². The molecule has 0 aliphatic heterocycles. The lowest BCUT2D eigenvalue weighted by atomic mass is 10.0. The molecular formula is C20H28BrN3O2. The smallest absolute Gasteiger partial charge is 0.240 e. The maximum Gasteiger partial charge on any atom is 0.240 e. The first-order valence-corrected chi connectivity index (χ1v) is 9.94. The van der Waals surface area contributed by atoms with Crippen molar-refractivity contribution >= 4 is 33.4 Å². The molecule has 0 heterocycles. The number of nitrogens with zero attached hydrogens (tertiary/aromatic N) is 2. The number of aryl methyl sites for hydroxylation is 1. The van der Waals surface area contributed by atoms with Crippen LogP contribution in [-0.2, 0) is 9.59 Å². The molecule has 0 radical (unpaired) electrons. The minimum Gasteiger partial charge on any atom is -0.325 e. The summed E-state index contributed by atoms with van der Waals surface area (Å²) in [4.78, 5) is 28.5. The molecule has 0 saturated carbocycles. The Morgan fingerprint density at radius 2 is 2.00 bits per heavy atom. The summed E-state index contributed by atoms with van der Waals surface area (Å²) in [6, 6.07) is 5.73. The van der Waals surface area contributed by atoms with E-state index in [4.69, 9.17) is 0 Å². The standard InChI is InChI=1S/C20H28BrN3O2/c1-4-24(17-8-6-5-7-9-17)20(26)14-23(3)13-19(25)22-18-11-10-16(21)12-15(18)2/h8,10-12H,4-7,9,13-14H2,1-3H3,(H,22,25). The summed E-state index contributed by atoms with van der Waals surface area (Å²) in [6.07, 6.45) is 6.52. The lowest BCUT2D eigenvalue weighted by Crippen LogP contribution is -2.41. The van der Waals surface area contributed by atoms with Crippen molar-refractivity contribution in [2.24, 2.45) is 0 Å². The minimum absolute atomic E-state index is 0.0516. The molecule has 6 heteroatoms. The zero-order valence-corrected chi connectivity index (χ0v) is 17.4. The van der Waals surface area contributed by atoms with Crippen LogP contribution >= 0.6 is 15.9 Å². The molecule has 0 spiro atoms. The average Bonchev–Trinajstić information content (AvgIpc) is 2.59. The number of anilines is 1. The van der Waals surface area contributed by atoms with Gasteiger partial charge >= 0.3 is 0 Å². The van der Waals surface area contributed by atoms with Crippen molar-refractivity contribution in [1.82, 2.24) is 9.80 Å². The number of rotatable bonds is 7. The molecule has 0 unspecified atom stereocenters. The molecule has 1 aliphatic rings. The van der Waals surface area contributed by atoms with Gasteiger partial charge in [-0.3, -0.25) is 14.5 Å². The summed E-state index contributed by atoms with van der Waals surface area (Å²) < 4.78 is 0.979. The SMILES string of the molecule is CCN(C(=O)CN(C)CC(=O)Nc1ccc(Br)cc1C)C1=CCCCC1. The molecule has 0 atom stereocenters. The second kappa shape index (κ2) is 9.88. The predicted octanol–water partition coefficient (Wildman–Crippen LogP) is 3.93. The number of nitrogens with one attached hydrogen (secondary N) is 1. The van der Waals surface area contributed by atoms with Gasteiger partial charge in [0.2, 0.25) is 11.8 Å². The molecule has 0 saturated heterocycles. The Balaban J connectivity index is 1.88. The second-order valence-corrected chi connectivity index (χ2v) is 7.67. The molecule has 0 fully saturated rings. The third kappa shape index (κ3) is 5.95. The normalized spacial score (nSPS) is 14.1. The van der Waals surface area contributed by atoms with Crippen LogP contribution in [0.15, 0.2) is 34.4 Å². The van der Waals surface area contributed by atoms with Crippen molar-refractivity contribution in [2.75, 3.05) is 32.0 Å². The van der Waals surface area contributed by atoms with Gasteiger partial charge in [-0.05, 0) is 70.3 Å². The number of allylic oxidation sites excluding steroid dienone is 2. The molecule has 1 aromatic carbocycles. The van der Waals surface area contributed by atoms with Crippen LogP contribution in [0.4, 0.5) is 5.69 Å². The number of likely N-dealkylation sites (N-methyl/N-ethyl adjacent to an activating group) is 2. The Morgan fingerprint density at radius 3 is 2.62 bits per heavy atom. The molecule has 142 valence electrons. The number of hydrogen-bond donors (Lipinski definition) is 1. The van der Waals surface area contributed by atoms with Gasteiger partial charge in [0.25, 0.3) is 0 Å². The molecule has 0 bridgehead atoms. The Morgan fingerprint density at radius 1 is 1.23 bits per heavy atom. The van der Waals surface area contributed by atoms with Crippen LogP contribution < -0.4 is 5.32 Å². The van der Waals surface area contributed by atoms with E-state index in [-0.39, 0.29) is 24.9 Å². The van der Waals surface area contributed by atoms with Crippen molar-refractivity contribution in [2.45, 2.75) is 39.5 Å². The summed E-state index contributed by atoms with van der Waals surface area (Å²) >= 11 is 3.42. The molecule has 5 nitrogen and oxygen atoms in total. The van der Waals surface area contributed by atoms with Crippen LogP contribution in [0.5, 0.6) is 0 Å². The fraction of sp³-hybridized carbons (Fsp3) is 0.500. The molecule has 0 aromatic heterocycles. The highest BCUT2D eigenvalue weighted by atomic mass is 79.9. The van der Waals surface area contributed by atoms with Gasteiger partial charge in [0, 0.05) is 22.4 Å². The molecule has 2 rings (SSSR count). The van der Waals surface area contributed by atoms with E-state index < -0.39 is 0 Å². The fourth-order valence-electron chi connectivity index (χ4n) is 3.18. The monoisotopic (exact) mass is 421 g/mol. The third-order valence-corrected chi connectivity index (χ3v) is 5.01. The fourth-order valence-corrected chi connectivity index (χ4v) is 3.66. The van der Waals surface area contributed by atoms with Crippen LogP contribution in [0.2, 0.25) is 0 Å². The van der Waals surface area contributed by atoms with Crippen molar-refractivity contribution in [1.29, 1.82) is 0 Å². The van der Waals surface area contributed by atoms with E-state index in [1.165, 1.54) is 6.42 Å². The van der Waals surface area contributed by atoms with Crippen LogP contribution in [0.3, 0.4) is 0 Å². The topological polar surface area (TPSA) is 52.7 Å². The maximum absolute atomic E-state index is 12.6. The largest absolute Gasteiger partial charge is 0.325 e. The van der Waals surface area contributed by atoms with E-state index in [1.807, 2.05) is 36.9 Å². The van der Waals surface area contributed by atoms with Crippen LogP contribution in [-0.4, -0.2) is 48.3 Å². The van der Waals surface area contributed by atoms with Gasteiger partial charge in [-0.1, -0.05) is 22.0 Å². The summed E-state index contributed by atoms with van der Waals surface area (Å²) in [6.45, 7) is 5.03. The lowest BCUT2D eigenvalue weighted by Gasteiger charge is -2.28. The Labute approximate surface area is 164 Å². The highest BCUT2D eigenvalue weighted by Crippen LogP contribution is 2.21. The summed E-state index contributed by atoms with van der Waals surface area (Å²) in [5.41, 5.74) is 2.92. The van der Waals surface area contributed by atoms with E-state index in [2.05, 4.69) is 27.3 Å².